The molecule has 4 aromatic rings. The number of likely N-dealkylation sites (tertiary alicyclic amines) is 1. The Labute approximate surface area is 258 Å². The molecule has 9 nitrogen and oxygen atoms in total. The van der Waals surface area contributed by atoms with E-state index in [9.17, 15) is 14.7 Å². The number of aromatic nitrogens is 1. The SMILES string of the molecule is COC(=O)c1cc2[nH]c(O)c(C(=Nc3ccc(C(=O)COCCN4CCC(N(C)C)CC4)cc3)c3ccccc3)c2cc1C. The fourth-order valence-electron chi connectivity index (χ4n) is 5.72. The maximum atomic E-state index is 12.8. The molecule has 0 spiro atoms. The van der Waals surface area contributed by atoms with Gasteiger partial charge in [-0.05, 0) is 88.9 Å². The number of carbonyl (C=O) groups excluding carboxylic acids is 2. The number of nitrogens with one attached hydrogen (secondary N) is 1. The van der Waals surface area contributed by atoms with E-state index in [-0.39, 0.29) is 18.3 Å². The molecule has 5 rings (SSSR count). The fraction of sp³-hybridized carbons (Fsp3) is 0.343. The highest BCUT2D eigenvalue weighted by Crippen LogP contribution is 2.33. The third kappa shape index (κ3) is 7.07. The van der Waals surface area contributed by atoms with Crippen LogP contribution in [0.4, 0.5) is 5.69 Å². The smallest absolute Gasteiger partial charge is 0.338 e. The second kappa shape index (κ2) is 14.0. The van der Waals surface area contributed by atoms with Gasteiger partial charge in [0.05, 0.1) is 36.2 Å². The Morgan fingerprint density at radius 3 is 2.39 bits per heavy atom. The largest absolute Gasteiger partial charge is 0.494 e. The van der Waals surface area contributed by atoms with Crippen LogP contribution in [0.1, 0.15) is 50.2 Å². The molecule has 1 aliphatic rings. The van der Waals surface area contributed by atoms with E-state index >= 15 is 0 Å². The summed E-state index contributed by atoms with van der Waals surface area (Å²) in [7, 11) is 5.61. The van der Waals surface area contributed by atoms with Crippen LogP contribution in [0.25, 0.3) is 10.9 Å². The quantitative estimate of drug-likeness (QED) is 0.104. The van der Waals surface area contributed by atoms with Crippen LogP contribution in [0, 0.1) is 6.92 Å². The van der Waals surface area contributed by atoms with E-state index in [1.807, 2.05) is 43.3 Å². The number of hydrogen-bond acceptors (Lipinski definition) is 8. The van der Waals surface area contributed by atoms with Crippen molar-refractivity contribution < 1.29 is 24.2 Å². The molecule has 44 heavy (non-hydrogen) atoms. The van der Waals surface area contributed by atoms with E-state index < -0.39 is 5.97 Å². The molecule has 0 atom stereocenters. The highest BCUT2D eigenvalue weighted by molar-refractivity contribution is 6.22. The molecule has 2 N–H and O–H groups in total. The first-order valence-electron chi connectivity index (χ1n) is 14.9. The van der Waals surface area contributed by atoms with Crippen molar-refractivity contribution in [3.05, 3.63) is 94.5 Å². The number of fused-ring (bicyclic) bond motifs is 1. The molecule has 0 amide bonds. The number of aromatic hydroxyl groups is 1. The van der Waals surface area contributed by atoms with E-state index in [2.05, 4.69) is 28.9 Å². The van der Waals surface area contributed by atoms with Crippen molar-refractivity contribution in [3.8, 4) is 5.88 Å². The molecular formula is C35H40N4O5. The molecule has 3 aromatic carbocycles. The molecule has 1 saturated heterocycles. The van der Waals surface area contributed by atoms with Crippen LogP contribution in [0.15, 0.2) is 71.7 Å². The number of aliphatic imine (C=N–C) groups is 1. The first kappa shape index (κ1) is 31.1. The van der Waals surface area contributed by atoms with Gasteiger partial charge < -0.3 is 29.4 Å². The molecule has 0 unspecified atom stereocenters. The zero-order chi connectivity index (χ0) is 31.2. The van der Waals surface area contributed by atoms with Gasteiger partial charge in [0, 0.05) is 34.6 Å². The van der Waals surface area contributed by atoms with Gasteiger partial charge in [0.15, 0.2) is 11.7 Å². The summed E-state index contributed by atoms with van der Waals surface area (Å²) >= 11 is 0. The van der Waals surface area contributed by atoms with E-state index in [4.69, 9.17) is 14.5 Å². The normalized spacial score (nSPS) is 14.8. The van der Waals surface area contributed by atoms with E-state index in [0.717, 1.165) is 49.0 Å². The molecule has 9 heteroatoms. The predicted molar refractivity (Wildman–Crippen MR) is 173 cm³/mol. The van der Waals surface area contributed by atoms with Crippen LogP contribution < -0.4 is 0 Å². The van der Waals surface area contributed by atoms with E-state index in [1.165, 1.54) is 7.11 Å². The van der Waals surface area contributed by atoms with Gasteiger partial charge in [-0.25, -0.2) is 9.79 Å². The van der Waals surface area contributed by atoms with Gasteiger partial charge in [-0.1, -0.05) is 30.3 Å². The number of methoxy groups -OCH3 is 1. The first-order chi connectivity index (χ1) is 21.2. The van der Waals surface area contributed by atoms with Crippen LogP contribution >= 0.6 is 0 Å². The Kier molecular flexibility index (Phi) is 9.89. The lowest BCUT2D eigenvalue weighted by molar-refractivity contribution is 0.0599. The van der Waals surface area contributed by atoms with Crippen molar-refractivity contribution in [1.29, 1.82) is 0 Å². The number of benzene rings is 3. The second-order valence-electron chi connectivity index (χ2n) is 11.4. The molecule has 1 aromatic heterocycles. The average Bonchev–Trinajstić information content (AvgIpc) is 3.35. The van der Waals surface area contributed by atoms with Gasteiger partial charge in [0.2, 0.25) is 0 Å². The minimum absolute atomic E-state index is 0.0299. The van der Waals surface area contributed by atoms with Crippen LogP contribution in [0.5, 0.6) is 5.88 Å². The van der Waals surface area contributed by atoms with E-state index in [0.29, 0.717) is 46.3 Å². The number of H-pyrrole nitrogens is 1. The Morgan fingerprint density at radius 2 is 1.73 bits per heavy atom. The number of Topliss-reactive ketones (excluding diaryl/α,β-unsaturated/α-hetero) is 1. The van der Waals surface area contributed by atoms with Crippen LogP contribution in [-0.2, 0) is 9.47 Å². The predicted octanol–water partition coefficient (Wildman–Crippen LogP) is 5.36. The molecule has 0 saturated carbocycles. The number of carbonyl (C=O) groups is 2. The third-order valence-electron chi connectivity index (χ3n) is 8.32. The van der Waals surface area contributed by atoms with Gasteiger partial charge in [-0.3, -0.25) is 4.79 Å². The van der Waals surface area contributed by atoms with Crippen LogP contribution in [0.2, 0.25) is 0 Å². The van der Waals surface area contributed by atoms with E-state index in [1.54, 1.807) is 30.3 Å². The monoisotopic (exact) mass is 596 g/mol. The highest BCUT2D eigenvalue weighted by atomic mass is 16.5. The molecule has 0 aliphatic carbocycles. The fourth-order valence-corrected chi connectivity index (χ4v) is 5.72. The lowest BCUT2D eigenvalue weighted by Crippen LogP contribution is -2.43. The van der Waals surface area contributed by atoms with Gasteiger partial charge in [0.25, 0.3) is 0 Å². The Hall–Kier alpha value is -4.31. The summed E-state index contributed by atoms with van der Waals surface area (Å²) < 4.78 is 10.6. The molecule has 0 bridgehead atoms. The molecular weight excluding hydrogens is 556 g/mol. The zero-order valence-electron chi connectivity index (χ0n) is 25.8. The number of aromatic amines is 1. The maximum Gasteiger partial charge on any atom is 0.338 e. The molecule has 0 radical (unpaired) electrons. The summed E-state index contributed by atoms with van der Waals surface area (Å²) in [6, 6.07) is 20.8. The zero-order valence-corrected chi connectivity index (χ0v) is 25.8. The Morgan fingerprint density at radius 1 is 1.02 bits per heavy atom. The summed E-state index contributed by atoms with van der Waals surface area (Å²) in [6.45, 7) is 5.31. The van der Waals surface area contributed by atoms with Gasteiger partial charge in [-0.2, -0.15) is 0 Å². The first-order valence-corrected chi connectivity index (χ1v) is 14.9. The van der Waals surface area contributed by atoms with Crippen molar-refractivity contribution in [2.24, 2.45) is 4.99 Å². The molecule has 1 fully saturated rings. The van der Waals surface area contributed by atoms with Crippen LogP contribution in [-0.4, -0.2) is 97.4 Å². The van der Waals surface area contributed by atoms with Gasteiger partial charge in [-0.15, -0.1) is 0 Å². The average molecular weight is 597 g/mol. The number of nitrogens with zero attached hydrogens (tertiary/aromatic N) is 3. The standard InChI is InChI=1S/C35H40N4O5/c1-23-20-29-30(21-28(23)35(42)43-4)37-34(41)32(29)33(25-8-6-5-7-9-25)36-26-12-10-24(11-13-26)31(40)22-44-19-18-39-16-14-27(15-17-39)38(2)3/h5-13,20-21,27,37,41H,14-19,22H2,1-4H3. The number of rotatable bonds is 11. The number of esters is 1. The lowest BCUT2D eigenvalue weighted by atomic mass is 9.98. The van der Waals surface area contributed by atoms with Crippen molar-refractivity contribution in [2.75, 3.05) is 54.1 Å². The Balaban J connectivity index is 1.31. The number of hydrogen-bond donors (Lipinski definition) is 2. The summed E-state index contributed by atoms with van der Waals surface area (Å²) in [4.78, 5) is 37.7. The number of ether oxygens (including phenoxy) is 2. The lowest BCUT2D eigenvalue weighted by Gasteiger charge is -2.35. The van der Waals surface area contributed by atoms with Gasteiger partial charge >= 0.3 is 5.97 Å². The summed E-state index contributed by atoms with van der Waals surface area (Å²) in [6.07, 6.45) is 2.31. The van der Waals surface area contributed by atoms with Gasteiger partial charge in [0.1, 0.15) is 6.61 Å². The number of piperidine rings is 1. The van der Waals surface area contributed by atoms with Crippen molar-refractivity contribution in [2.45, 2.75) is 25.8 Å². The summed E-state index contributed by atoms with van der Waals surface area (Å²) in [5.74, 6) is -0.589. The number of ketones is 1. The molecule has 1 aliphatic heterocycles. The topological polar surface area (TPSA) is 107 Å². The maximum absolute atomic E-state index is 12.8. The second-order valence-corrected chi connectivity index (χ2v) is 11.4. The Bertz CT molecular complexity index is 1640. The van der Waals surface area contributed by atoms with Crippen molar-refractivity contribution >= 4 is 34.1 Å². The van der Waals surface area contributed by atoms with Crippen molar-refractivity contribution in [3.63, 3.8) is 0 Å². The third-order valence-corrected chi connectivity index (χ3v) is 8.32. The highest BCUT2D eigenvalue weighted by Gasteiger charge is 2.22. The minimum atomic E-state index is -0.447. The molecule has 2 heterocycles. The van der Waals surface area contributed by atoms with Crippen LogP contribution in [0.3, 0.4) is 0 Å². The van der Waals surface area contributed by atoms with Crippen molar-refractivity contribution in [1.82, 2.24) is 14.8 Å². The number of aryl methyl sites for hydroxylation is 1. The minimum Gasteiger partial charge on any atom is -0.494 e. The summed E-state index contributed by atoms with van der Waals surface area (Å²) in [5, 5.41) is 11.8. The summed E-state index contributed by atoms with van der Waals surface area (Å²) in [5.41, 5.74) is 4.78. The molecule has 230 valence electrons.